The largest absolute Gasteiger partial charge is 0.348 e. The SMILES string of the molecule is [c]1ccc2c(c1)CCC1(CC2)OCCO1. The minimum atomic E-state index is -0.279. The maximum Gasteiger partial charge on any atom is 0.169 e. The number of fused-ring (bicyclic) bond motifs is 1. The number of benzene rings is 1. The monoisotopic (exact) mass is 203 g/mol. The van der Waals surface area contributed by atoms with E-state index < -0.39 is 0 Å². The lowest BCUT2D eigenvalue weighted by Crippen LogP contribution is -2.30. The predicted octanol–water partition coefficient (Wildman–Crippen LogP) is 2.11. The Bertz CT molecular complexity index is 324. The molecule has 3 rings (SSSR count). The first-order valence-corrected chi connectivity index (χ1v) is 5.64. The number of ether oxygens (including phenoxy) is 2. The molecule has 0 atom stereocenters. The van der Waals surface area contributed by atoms with Crippen molar-refractivity contribution in [1.29, 1.82) is 0 Å². The summed E-state index contributed by atoms with van der Waals surface area (Å²) < 4.78 is 11.5. The fourth-order valence-electron chi connectivity index (χ4n) is 2.53. The number of aryl methyl sites for hydroxylation is 2. The molecular formula is C13H15O2. The number of hydrogen-bond donors (Lipinski definition) is 0. The summed E-state index contributed by atoms with van der Waals surface area (Å²) >= 11 is 0. The van der Waals surface area contributed by atoms with E-state index in [2.05, 4.69) is 18.2 Å². The fraction of sp³-hybridized carbons (Fsp3) is 0.538. The topological polar surface area (TPSA) is 18.5 Å². The van der Waals surface area contributed by atoms with Crippen molar-refractivity contribution in [2.75, 3.05) is 13.2 Å². The van der Waals surface area contributed by atoms with E-state index in [1.807, 2.05) is 6.07 Å². The predicted molar refractivity (Wildman–Crippen MR) is 56.6 cm³/mol. The molecule has 2 aliphatic rings. The molecule has 79 valence electrons. The van der Waals surface area contributed by atoms with Crippen molar-refractivity contribution in [3.05, 3.63) is 35.4 Å². The molecule has 1 aliphatic heterocycles. The van der Waals surface area contributed by atoms with E-state index in [-0.39, 0.29) is 5.79 Å². The minimum absolute atomic E-state index is 0.279. The Morgan fingerprint density at radius 1 is 1.07 bits per heavy atom. The van der Waals surface area contributed by atoms with Gasteiger partial charge in [0.15, 0.2) is 5.79 Å². The van der Waals surface area contributed by atoms with Gasteiger partial charge >= 0.3 is 0 Å². The molecule has 0 unspecified atom stereocenters. The van der Waals surface area contributed by atoms with Gasteiger partial charge in [-0.1, -0.05) is 18.2 Å². The first-order valence-electron chi connectivity index (χ1n) is 5.64. The van der Waals surface area contributed by atoms with Gasteiger partial charge in [0.1, 0.15) is 0 Å². The molecule has 1 radical (unpaired) electrons. The van der Waals surface area contributed by atoms with Crippen LogP contribution >= 0.6 is 0 Å². The molecule has 1 aromatic carbocycles. The second-order valence-corrected chi connectivity index (χ2v) is 4.30. The van der Waals surface area contributed by atoms with E-state index in [1.165, 1.54) is 11.1 Å². The van der Waals surface area contributed by atoms with Gasteiger partial charge in [0.2, 0.25) is 0 Å². The Morgan fingerprint density at radius 3 is 2.60 bits per heavy atom. The van der Waals surface area contributed by atoms with Crippen molar-refractivity contribution >= 4 is 0 Å². The van der Waals surface area contributed by atoms with Crippen LogP contribution in [0.5, 0.6) is 0 Å². The maximum absolute atomic E-state index is 5.76. The zero-order valence-electron chi connectivity index (χ0n) is 8.79. The van der Waals surface area contributed by atoms with Crippen LogP contribution < -0.4 is 0 Å². The molecule has 0 amide bonds. The molecule has 1 fully saturated rings. The van der Waals surface area contributed by atoms with Crippen LogP contribution in [0.2, 0.25) is 0 Å². The average molecular weight is 203 g/mol. The van der Waals surface area contributed by atoms with Crippen molar-refractivity contribution in [3.63, 3.8) is 0 Å². The summed E-state index contributed by atoms with van der Waals surface area (Å²) in [5.74, 6) is -0.279. The summed E-state index contributed by atoms with van der Waals surface area (Å²) in [5.41, 5.74) is 2.85. The Hall–Kier alpha value is -0.860. The third kappa shape index (κ3) is 1.68. The summed E-state index contributed by atoms with van der Waals surface area (Å²) in [6, 6.07) is 9.41. The van der Waals surface area contributed by atoms with Crippen molar-refractivity contribution in [3.8, 4) is 0 Å². The zero-order valence-corrected chi connectivity index (χ0v) is 8.79. The van der Waals surface area contributed by atoms with Gasteiger partial charge in [-0.15, -0.1) is 0 Å². The Morgan fingerprint density at radius 2 is 1.80 bits per heavy atom. The van der Waals surface area contributed by atoms with Crippen LogP contribution in [0.4, 0.5) is 0 Å². The summed E-state index contributed by atoms with van der Waals surface area (Å²) in [6.45, 7) is 1.50. The van der Waals surface area contributed by atoms with Crippen LogP contribution in [0.3, 0.4) is 0 Å². The molecule has 0 aromatic heterocycles. The number of rotatable bonds is 0. The van der Waals surface area contributed by atoms with Gasteiger partial charge < -0.3 is 9.47 Å². The normalized spacial score (nSPS) is 23.7. The van der Waals surface area contributed by atoms with Gasteiger partial charge in [0, 0.05) is 12.8 Å². The zero-order chi connectivity index (χ0) is 10.1. The van der Waals surface area contributed by atoms with E-state index in [0.29, 0.717) is 0 Å². The van der Waals surface area contributed by atoms with E-state index in [1.54, 1.807) is 0 Å². The molecule has 1 aliphatic carbocycles. The Balaban J connectivity index is 1.85. The quantitative estimate of drug-likeness (QED) is 0.643. The first-order chi connectivity index (χ1) is 7.38. The maximum atomic E-state index is 5.76. The second kappa shape index (κ2) is 3.62. The van der Waals surface area contributed by atoms with Gasteiger partial charge in [-0.3, -0.25) is 0 Å². The lowest BCUT2D eigenvalue weighted by molar-refractivity contribution is -0.164. The lowest BCUT2D eigenvalue weighted by Gasteiger charge is -2.25. The molecule has 1 heterocycles. The molecule has 1 spiro atoms. The molecule has 1 saturated heterocycles. The van der Waals surface area contributed by atoms with E-state index in [4.69, 9.17) is 9.47 Å². The number of hydrogen-bond acceptors (Lipinski definition) is 2. The van der Waals surface area contributed by atoms with Crippen LogP contribution in [0.1, 0.15) is 24.0 Å². The van der Waals surface area contributed by atoms with Gasteiger partial charge in [-0.05, 0) is 30.0 Å². The molecule has 0 N–H and O–H groups in total. The summed E-state index contributed by atoms with van der Waals surface area (Å²) in [4.78, 5) is 0. The average Bonchev–Trinajstić information content (AvgIpc) is 2.65. The smallest absolute Gasteiger partial charge is 0.169 e. The van der Waals surface area contributed by atoms with E-state index in [0.717, 1.165) is 38.9 Å². The third-order valence-corrected chi connectivity index (χ3v) is 3.41. The highest BCUT2D eigenvalue weighted by molar-refractivity contribution is 5.28. The van der Waals surface area contributed by atoms with Gasteiger partial charge in [-0.2, -0.15) is 0 Å². The van der Waals surface area contributed by atoms with Crippen LogP contribution in [0.25, 0.3) is 0 Å². The highest BCUT2D eigenvalue weighted by atomic mass is 16.7. The minimum Gasteiger partial charge on any atom is -0.348 e. The van der Waals surface area contributed by atoms with Crippen molar-refractivity contribution in [2.45, 2.75) is 31.5 Å². The lowest BCUT2D eigenvalue weighted by atomic mass is 10.0. The van der Waals surface area contributed by atoms with Crippen LogP contribution in [0.15, 0.2) is 18.2 Å². The standard InChI is InChI=1S/C13H15O2/c1-2-4-12-6-8-13(14-9-10-15-13)7-5-11(12)3-1/h1,3-4H,5-10H2. The molecule has 0 saturated carbocycles. The van der Waals surface area contributed by atoms with Crippen LogP contribution in [-0.4, -0.2) is 19.0 Å². The van der Waals surface area contributed by atoms with Gasteiger partial charge in [0.25, 0.3) is 0 Å². The van der Waals surface area contributed by atoms with E-state index in [9.17, 15) is 0 Å². The molecule has 1 aromatic rings. The van der Waals surface area contributed by atoms with Crippen molar-refractivity contribution < 1.29 is 9.47 Å². The summed E-state index contributed by atoms with van der Waals surface area (Å²) in [5, 5.41) is 0. The van der Waals surface area contributed by atoms with Crippen LogP contribution in [-0.2, 0) is 22.3 Å². The first kappa shape index (κ1) is 9.37. The highest BCUT2D eigenvalue weighted by Gasteiger charge is 2.37. The molecule has 2 nitrogen and oxygen atoms in total. The molecule has 2 heteroatoms. The van der Waals surface area contributed by atoms with Crippen molar-refractivity contribution in [2.24, 2.45) is 0 Å². The fourth-order valence-corrected chi connectivity index (χ4v) is 2.53. The van der Waals surface area contributed by atoms with Gasteiger partial charge in [0.05, 0.1) is 13.2 Å². The molecule has 0 bridgehead atoms. The highest BCUT2D eigenvalue weighted by Crippen LogP contribution is 2.34. The Labute approximate surface area is 90.2 Å². The second-order valence-electron chi connectivity index (χ2n) is 4.30. The Kier molecular flexibility index (Phi) is 2.26. The van der Waals surface area contributed by atoms with Gasteiger partial charge in [-0.25, -0.2) is 0 Å². The van der Waals surface area contributed by atoms with E-state index >= 15 is 0 Å². The molecule has 15 heavy (non-hydrogen) atoms. The summed E-state index contributed by atoms with van der Waals surface area (Å²) in [6.07, 6.45) is 4.08. The van der Waals surface area contributed by atoms with Crippen LogP contribution in [0, 0.1) is 6.07 Å². The molecular weight excluding hydrogens is 188 g/mol. The third-order valence-electron chi connectivity index (χ3n) is 3.41. The summed E-state index contributed by atoms with van der Waals surface area (Å²) in [7, 11) is 0. The van der Waals surface area contributed by atoms with Crippen molar-refractivity contribution in [1.82, 2.24) is 0 Å².